The zero-order valence-electron chi connectivity index (χ0n) is 26.5. The first-order valence-corrected chi connectivity index (χ1v) is 15.4. The highest BCUT2D eigenvalue weighted by Crippen LogP contribution is 2.25. The van der Waals surface area contributed by atoms with Gasteiger partial charge in [-0.2, -0.15) is 5.26 Å². The van der Waals surface area contributed by atoms with Crippen molar-refractivity contribution >= 4 is 23.2 Å². The van der Waals surface area contributed by atoms with Gasteiger partial charge in [0.25, 0.3) is 0 Å². The number of nitrogens with two attached hydrogens (primary N) is 1. The summed E-state index contributed by atoms with van der Waals surface area (Å²) in [4.78, 5) is 29.3. The minimum atomic E-state index is -0.370. The first kappa shape index (κ1) is 33.0. The van der Waals surface area contributed by atoms with Crippen LogP contribution < -0.4 is 5.73 Å². The molecule has 11 nitrogen and oxygen atoms in total. The number of likely N-dealkylation sites (tertiary alicyclic amines) is 1. The van der Waals surface area contributed by atoms with Crippen molar-refractivity contribution in [2.24, 2.45) is 16.8 Å². The molecule has 236 valence electrons. The van der Waals surface area contributed by atoms with E-state index in [1.165, 1.54) is 7.11 Å². The number of aromatic nitrogens is 4. The molecule has 0 saturated carbocycles. The number of hydrogen-bond donors (Lipinski definition) is 1. The van der Waals surface area contributed by atoms with E-state index in [4.69, 9.17) is 25.6 Å². The second-order valence-corrected chi connectivity index (χ2v) is 10.5. The second kappa shape index (κ2) is 16.2. The number of nitriles is 1. The van der Waals surface area contributed by atoms with Crippen LogP contribution >= 0.6 is 0 Å². The number of fused-ring (bicyclic) bond motifs is 1. The number of nitrogens with zero attached hydrogens (tertiary/aromatic N) is 7. The summed E-state index contributed by atoms with van der Waals surface area (Å²) in [6.45, 7) is 10.3. The Labute approximate surface area is 264 Å². The third-order valence-corrected chi connectivity index (χ3v) is 7.85. The fourth-order valence-corrected chi connectivity index (χ4v) is 5.35. The van der Waals surface area contributed by atoms with Crippen molar-refractivity contribution in [2.45, 2.75) is 59.9 Å². The number of esters is 1. The largest absolute Gasteiger partial charge is 0.465 e. The Morgan fingerprint density at radius 2 is 1.91 bits per heavy atom. The lowest BCUT2D eigenvalue weighted by atomic mass is 9.93. The molecule has 11 heteroatoms. The van der Waals surface area contributed by atoms with Crippen molar-refractivity contribution in [3.05, 3.63) is 95.0 Å². The zero-order valence-corrected chi connectivity index (χ0v) is 26.5. The average molecular weight is 611 g/mol. The number of allylic oxidation sites excluding steroid dienone is 2. The summed E-state index contributed by atoms with van der Waals surface area (Å²) >= 11 is 0. The van der Waals surface area contributed by atoms with Gasteiger partial charge in [0.15, 0.2) is 0 Å². The standard InChI is InChI=1S/C32H36N8O3.C2H6/c1-3-39-22-35-18-27(39)19-40-30-16-26(32(41)42-2)8-9-29(30)37-31(40)20-38-14-11-25(12-15-38)28(34)10-13-36-43-21-24-6-4-23(17-33)5-7-24;1-2/h4-10,13,16,18,22,25H,3,11-12,14-15,19-21,34H2,1-2H3;1-2H3/b28-10-,36-13+;. The molecule has 0 aliphatic carbocycles. The van der Waals surface area contributed by atoms with Crippen molar-refractivity contribution in [3.8, 4) is 6.07 Å². The van der Waals surface area contributed by atoms with E-state index >= 15 is 0 Å². The SMILES string of the molecule is CC.CCn1cncc1Cn1c(CN2CCC(/C(N)=C/C=N/OCc3ccc(C#N)cc3)CC2)nc2ccc(C(=O)OC)cc21. The third-order valence-electron chi connectivity index (χ3n) is 7.85. The molecule has 0 amide bonds. The molecule has 45 heavy (non-hydrogen) atoms. The highest BCUT2D eigenvalue weighted by molar-refractivity contribution is 5.93. The molecule has 4 aromatic rings. The lowest BCUT2D eigenvalue weighted by Crippen LogP contribution is -2.35. The summed E-state index contributed by atoms with van der Waals surface area (Å²) in [7, 11) is 1.39. The van der Waals surface area contributed by atoms with Crippen LogP contribution in [0.15, 0.2) is 71.9 Å². The molecule has 2 N–H and O–H groups in total. The van der Waals surface area contributed by atoms with Crippen LogP contribution in [0.5, 0.6) is 0 Å². The Kier molecular flexibility index (Phi) is 11.9. The van der Waals surface area contributed by atoms with Crippen LogP contribution in [-0.4, -0.2) is 56.4 Å². The predicted octanol–water partition coefficient (Wildman–Crippen LogP) is 5.24. The number of aryl methyl sites for hydroxylation is 1. The maximum Gasteiger partial charge on any atom is 0.337 e. The first-order chi connectivity index (χ1) is 22.0. The van der Waals surface area contributed by atoms with E-state index in [0.717, 1.165) is 66.3 Å². The summed E-state index contributed by atoms with van der Waals surface area (Å²) in [5.74, 6) is 0.835. The van der Waals surface area contributed by atoms with Gasteiger partial charge in [0.1, 0.15) is 12.4 Å². The van der Waals surface area contributed by atoms with Gasteiger partial charge in [0, 0.05) is 24.4 Å². The molecule has 1 aliphatic rings. The molecule has 1 fully saturated rings. The van der Waals surface area contributed by atoms with E-state index in [9.17, 15) is 4.79 Å². The second-order valence-electron chi connectivity index (χ2n) is 10.5. The molecule has 0 atom stereocenters. The van der Waals surface area contributed by atoms with Crippen LogP contribution in [0.2, 0.25) is 0 Å². The first-order valence-electron chi connectivity index (χ1n) is 15.4. The summed E-state index contributed by atoms with van der Waals surface area (Å²) < 4.78 is 9.25. The number of methoxy groups -OCH3 is 1. The molecule has 1 aliphatic heterocycles. The summed E-state index contributed by atoms with van der Waals surface area (Å²) in [5.41, 5.74) is 12.1. The summed E-state index contributed by atoms with van der Waals surface area (Å²) in [5, 5.41) is 12.9. The lowest BCUT2D eigenvalue weighted by Gasteiger charge is -2.32. The van der Waals surface area contributed by atoms with Crippen LogP contribution in [0.4, 0.5) is 0 Å². The average Bonchev–Trinajstić information content (AvgIpc) is 3.69. The molecular formula is C34H42N8O3. The maximum atomic E-state index is 12.3. The van der Waals surface area contributed by atoms with Gasteiger partial charge in [-0.3, -0.25) is 4.90 Å². The molecule has 5 rings (SSSR count). The highest BCUT2D eigenvalue weighted by atomic mass is 16.6. The zero-order chi connectivity index (χ0) is 32.2. The van der Waals surface area contributed by atoms with Crippen molar-refractivity contribution in [2.75, 3.05) is 20.2 Å². The third kappa shape index (κ3) is 8.37. The number of carbonyl (C=O) groups excluding carboxylic acids is 1. The quantitative estimate of drug-likeness (QED) is 0.138. The van der Waals surface area contributed by atoms with Crippen LogP contribution in [0.1, 0.15) is 66.6 Å². The fourth-order valence-electron chi connectivity index (χ4n) is 5.35. The highest BCUT2D eigenvalue weighted by Gasteiger charge is 2.23. The van der Waals surface area contributed by atoms with Gasteiger partial charge in [0.2, 0.25) is 0 Å². The Hall–Kier alpha value is -4.95. The van der Waals surface area contributed by atoms with Crippen LogP contribution in [0.25, 0.3) is 11.0 Å². The van der Waals surface area contributed by atoms with Gasteiger partial charge >= 0.3 is 5.97 Å². The van der Waals surface area contributed by atoms with Gasteiger partial charge in [0.05, 0.1) is 66.7 Å². The molecule has 1 saturated heterocycles. The van der Waals surface area contributed by atoms with Gasteiger partial charge < -0.3 is 24.4 Å². The number of piperidine rings is 1. The summed E-state index contributed by atoms with van der Waals surface area (Å²) in [6.07, 6.45) is 8.98. The minimum Gasteiger partial charge on any atom is -0.465 e. The van der Waals surface area contributed by atoms with E-state index in [1.54, 1.807) is 24.4 Å². The molecule has 3 heterocycles. The van der Waals surface area contributed by atoms with Crippen molar-refractivity contribution in [1.29, 1.82) is 5.26 Å². The molecule has 2 aromatic carbocycles. The lowest BCUT2D eigenvalue weighted by molar-refractivity contribution is 0.0601. The molecule has 0 unspecified atom stereocenters. The monoisotopic (exact) mass is 610 g/mol. The fraction of sp³-hybridized carbons (Fsp3) is 0.382. The van der Waals surface area contributed by atoms with Crippen LogP contribution in [0.3, 0.4) is 0 Å². The maximum absolute atomic E-state index is 12.3. The van der Waals surface area contributed by atoms with Crippen molar-refractivity contribution < 1.29 is 14.4 Å². The summed E-state index contributed by atoms with van der Waals surface area (Å²) in [6, 6.07) is 14.8. The topological polar surface area (TPSA) is 137 Å². The minimum absolute atomic E-state index is 0.265. The Balaban J connectivity index is 0.00000226. The molecule has 2 aromatic heterocycles. The van der Waals surface area contributed by atoms with Gasteiger partial charge in [-0.05, 0) is 74.8 Å². The molecule has 0 radical (unpaired) electrons. The van der Waals surface area contributed by atoms with Gasteiger partial charge in [-0.25, -0.2) is 14.8 Å². The van der Waals surface area contributed by atoms with E-state index < -0.39 is 0 Å². The number of hydrogen-bond acceptors (Lipinski definition) is 9. The molecular weight excluding hydrogens is 568 g/mol. The van der Waals surface area contributed by atoms with Crippen molar-refractivity contribution in [3.63, 3.8) is 0 Å². The molecule has 0 spiro atoms. The Morgan fingerprint density at radius 1 is 1.16 bits per heavy atom. The van der Waals surface area contributed by atoms with Gasteiger partial charge in [-0.15, -0.1) is 0 Å². The smallest absolute Gasteiger partial charge is 0.337 e. The van der Waals surface area contributed by atoms with E-state index in [-0.39, 0.29) is 11.9 Å². The van der Waals surface area contributed by atoms with E-state index in [1.807, 2.05) is 56.7 Å². The Morgan fingerprint density at radius 3 is 2.60 bits per heavy atom. The van der Waals surface area contributed by atoms with E-state index in [0.29, 0.717) is 30.8 Å². The predicted molar refractivity (Wildman–Crippen MR) is 174 cm³/mol. The number of ether oxygens (including phenoxy) is 1. The van der Waals surface area contributed by atoms with E-state index in [2.05, 4.69) is 37.2 Å². The Bertz CT molecular complexity index is 1650. The molecule has 0 bridgehead atoms. The number of benzene rings is 2. The number of oxime groups is 1. The number of imidazole rings is 2. The number of rotatable bonds is 11. The van der Waals surface area contributed by atoms with Gasteiger partial charge in [-0.1, -0.05) is 31.1 Å². The van der Waals surface area contributed by atoms with Crippen LogP contribution in [0, 0.1) is 17.2 Å². The van der Waals surface area contributed by atoms with Crippen LogP contribution in [-0.2, 0) is 35.8 Å². The normalized spacial score (nSPS) is 14.2. The van der Waals surface area contributed by atoms with Crippen molar-refractivity contribution in [1.82, 2.24) is 24.0 Å². The number of carbonyl (C=O) groups is 1.